The summed E-state index contributed by atoms with van der Waals surface area (Å²) in [6.07, 6.45) is -0.914. The molecule has 9 aromatic rings. The lowest BCUT2D eigenvalue weighted by Gasteiger charge is -2.37. The van der Waals surface area contributed by atoms with Crippen LogP contribution in [0.2, 0.25) is 0 Å². The number of carbonyl (C=O) groups is 1. The van der Waals surface area contributed by atoms with Crippen molar-refractivity contribution < 1.29 is 37.4 Å². The molecule has 1 fully saturated rings. The zero-order valence-corrected chi connectivity index (χ0v) is 44.7. The normalized spacial score (nSPS) is 17.3. The molecule has 0 bridgehead atoms. The molecule has 2 aromatic heterocycles. The average Bonchev–Trinajstić information content (AvgIpc) is 4.20. The minimum atomic E-state index is -3.04. The fourth-order valence-corrected chi connectivity index (χ4v) is 11.7. The number of aromatic nitrogens is 5. The minimum absolute atomic E-state index is 0.0454. The number of ether oxygens (including phenoxy) is 4. The van der Waals surface area contributed by atoms with Gasteiger partial charge in [0, 0.05) is 34.5 Å². The van der Waals surface area contributed by atoms with Gasteiger partial charge >= 0.3 is 13.9 Å². The van der Waals surface area contributed by atoms with E-state index in [4.69, 9.17) is 28.0 Å². The molecule has 6 atom stereocenters. The smallest absolute Gasteiger partial charge is 0.497 e. The van der Waals surface area contributed by atoms with E-state index in [0.29, 0.717) is 33.9 Å². The third kappa shape index (κ3) is 10.4. The molecule has 4 unspecified atom stereocenters. The van der Waals surface area contributed by atoms with Crippen LogP contribution in [0.5, 0.6) is 11.5 Å². The summed E-state index contributed by atoms with van der Waals surface area (Å²) >= 11 is 0. The molecule has 2 N–H and O–H groups in total. The maximum atomic E-state index is 14.4. The summed E-state index contributed by atoms with van der Waals surface area (Å²) in [4.78, 5) is 44.8. The summed E-state index contributed by atoms with van der Waals surface area (Å²) in [5, 5.41) is 28.3. The van der Waals surface area contributed by atoms with Gasteiger partial charge in [-0.25, -0.2) is 9.48 Å². The van der Waals surface area contributed by atoms with Gasteiger partial charge in [-0.15, -0.1) is 14.1 Å². The van der Waals surface area contributed by atoms with E-state index in [-0.39, 0.29) is 37.7 Å². The van der Waals surface area contributed by atoms with Crippen molar-refractivity contribution in [1.82, 2.24) is 34.8 Å². The van der Waals surface area contributed by atoms with Crippen LogP contribution in [0.25, 0.3) is 32.3 Å². The first-order chi connectivity index (χ1) is 37.8. The molecule has 18 nitrogen and oxygen atoms in total. The fraction of sp³-hybridized carbons (Fsp3) is 0.288. The van der Waals surface area contributed by atoms with Gasteiger partial charge in [-0.05, 0) is 107 Å². The van der Waals surface area contributed by atoms with E-state index in [9.17, 15) is 24.2 Å². The van der Waals surface area contributed by atoms with E-state index in [1.807, 2.05) is 142 Å². The Kier molecular flexibility index (Phi) is 15.6. The summed E-state index contributed by atoms with van der Waals surface area (Å²) in [6, 6.07) is 43.9. The number of rotatable bonds is 21. The number of carbonyl (C=O) groups excluding carboxylic acids is 1. The highest BCUT2D eigenvalue weighted by atomic mass is 31.1. The minimum Gasteiger partial charge on any atom is -0.497 e. The lowest BCUT2D eigenvalue weighted by molar-refractivity contribution is -0.0927. The number of aromatic amines is 1. The Morgan fingerprint density at radius 1 is 0.808 bits per heavy atom. The number of H-pyrrole nitrogens is 1. The van der Waals surface area contributed by atoms with Gasteiger partial charge in [0.15, 0.2) is 12.3 Å². The second-order valence-corrected chi connectivity index (χ2v) is 20.5. The lowest BCUT2D eigenvalue weighted by Crippen LogP contribution is -2.46. The highest BCUT2D eigenvalue weighted by molar-refractivity contribution is 7.33. The first-order valence-corrected chi connectivity index (χ1v) is 26.7. The van der Waals surface area contributed by atoms with E-state index in [2.05, 4.69) is 50.9 Å². The number of benzene rings is 7. The Balaban J connectivity index is 1.03. The molecule has 1 aliphatic heterocycles. The van der Waals surface area contributed by atoms with Crippen molar-refractivity contribution in [3.63, 3.8) is 0 Å². The standard InChI is InChI=1S/C59H57N8O10P/c1-36(2)67(37(3)4)45(31-60)34-75-78(71)77-55-50(35-74-59(41-13-8-7-9-14-41,42-19-23-46(72-5)24-20-42)43-21-25-47(73-6)26-22-43)76-57(65-30-29-51(68)62-58(65)70)54(55)66-33-44(63-64-66)32-61-56(69)49-28-18-40-16-15-38-11-10-12-39-17-27-48(49)53(40)52(38)39/h7-30,33,36-37,45,50,54-55,57H,32,34-35H2,1-6H3,(H-,61,62,68,69,70)/p+1/t45?,50-,54?,55?,57-/m0/s1. The van der Waals surface area contributed by atoms with Gasteiger partial charge < -0.3 is 24.3 Å². The molecule has 19 heteroatoms. The van der Waals surface area contributed by atoms with Gasteiger partial charge in [-0.1, -0.05) is 108 Å². The van der Waals surface area contributed by atoms with Crippen molar-refractivity contribution in [2.24, 2.45) is 0 Å². The van der Waals surface area contributed by atoms with E-state index in [1.54, 1.807) is 20.4 Å². The molecule has 3 heterocycles. The van der Waals surface area contributed by atoms with Crippen molar-refractivity contribution in [3.05, 3.63) is 201 Å². The Morgan fingerprint density at radius 3 is 2.04 bits per heavy atom. The Labute approximate surface area is 450 Å². The van der Waals surface area contributed by atoms with Crippen molar-refractivity contribution in [2.45, 2.75) is 82.4 Å². The Morgan fingerprint density at radius 2 is 1.42 bits per heavy atom. The van der Waals surface area contributed by atoms with Crippen molar-refractivity contribution in [2.75, 3.05) is 27.4 Å². The van der Waals surface area contributed by atoms with E-state index >= 15 is 0 Å². The molecular weight excluding hydrogens is 1010 g/mol. The number of nitriles is 1. The van der Waals surface area contributed by atoms with Crippen molar-refractivity contribution in [3.8, 4) is 17.6 Å². The average molecular weight is 1070 g/mol. The van der Waals surface area contributed by atoms with Crippen LogP contribution < -0.4 is 26.0 Å². The first kappa shape index (κ1) is 53.3. The number of amides is 1. The number of methoxy groups -OCH3 is 2. The van der Waals surface area contributed by atoms with Gasteiger partial charge in [-0.2, -0.15) is 5.26 Å². The summed E-state index contributed by atoms with van der Waals surface area (Å²) < 4.78 is 54.7. The Bertz CT molecular complexity index is 3680. The number of nitrogens with one attached hydrogen (secondary N) is 2. The molecule has 0 radical (unpaired) electrons. The molecular formula is C59H58N8O10P+. The summed E-state index contributed by atoms with van der Waals surface area (Å²) in [7, 11) is 0.128. The molecule has 0 aliphatic carbocycles. The molecule has 0 spiro atoms. The van der Waals surface area contributed by atoms with Gasteiger partial charge in [0.2, 0.25) is 0 Å². The monoisotopic (exact) mass is 1070 g/mol. The second kappa shape index (κ2) is 22.8. The first-order valence-electron chi connectivity index (χ1n) is 25.6. The maximum Gasteiger partial charge on any atom is 0.697 e. The van der Waals surface area contributed by atoms with Crippen LogP contribution in [0.4, 0.5) is 0 Å². The summed E-state index contributed by atoms with van der Waals surface area (Å²) in [6.45, 7) is 7.24. The fourth-order valence-electron chi connectivity index (χ4n) is 10.9. The zero-order chi connectivity index (χ0) is 54.7. The van der Waals surface area contributed by atoms with Crippen LogP contribution in [0.1, 0.15) is 72.7 Å². The number of hydrogen-bond acceptors (Lipinski definition) is 14. The zero-order valence-electron chi connectivity index (χ0n) is 43.8. The lowest BCUT2D eigenvalue weighted by atomic mass is 9.80. The van der Waals surface area contributed by atoms with Crippen LogP contribution in [-0.4, -0.2) is 93.1 Å². The molecule has 398 valence electrons. The molecule has 1 saturated heterocycles. The van der Waals surface area contributed by atoms with E-state index in [0.717, 1.165) is 37.9 Å². The highest BCUT2D eigenvalue weighted by Crippen LogP contribution is 2.47. The summed E-state index contributed by atoms with van der Waals surface area (Å²) in [5.74, 6) is 0.898. The predicted octanol–water partition coefficient (Wildman–Crippen LogP) is 9.19. The maximum absolute atomic E-state index is 14.4. The number of hydrogen-bond donors (Lipinski definition) is 2. The van der Waals surface area contributed by atoms with Gasteiger partial charge in [0.05, 0.1) is 39.6 Å². The van der Waals surface area contributed by atoms with Crippen molar-refractivity contribution in [1.29, 1.82) is 5.26 Å². The third-order valence-electron chi connectivity index (χ3n) is 14.4. The molecule has 78 heavy (non-hydrogen) atoms. The second-order valence-electron chi connectivity index (χ2n) is 19.6. The third-order valence-corrected chi connectivity index (χ3v) is 15.2. The quantitative estimate of drug-likeness (QED) is 0.0390. The molecule has 0 saturated carbocycles. The topological polar surface area (TPSA) is 214 Å². The summed E-state index contributed by atoms with van der Waals surface area (Å²) in [5.41, 5.74) is 0.150. The SMILES string of the molecule is COc1ccc(C(OC[C@@H]2O[C@H](n3ccc(=O)[nH]c3=O)C(n3cc(CNC(=O)c4ccc5ccc6cccc7ccc4c5c67)nn3)C2O[P+](=O)OCC(C#N)N(C(C)C)C(C)C)(c2ccccc2)c2ccc(OC)cc2)cc1. The van der Waals surface area contributed by atoms with Crippen LogP contribution in [0.3, 0.4) is 0 Å². The van der Waals surface area contributed by atoms with E-state index in [1.165, 1.54) is 21.5 Å². The Hall–Kier alpha value is -8.14. The van der Waals surface area contributed by atoms with Gasteiger partial charge in [-0.3, -0.25) is 24.0 Å². The van der Waals surface area contributed by atoms with Gasteiger partial charge in [0.1, 0.15) is 47.6 Å². The molecule has 1 amide bonds. The molecule has 1 aliphatic rings. The predicted molar refractivity (Wildman–Crippen MR) is 294 cm³/mol. The number of nitrogens with zero attached hydrogens (tertiary/aromatic N) is 6. The highest BCUT2D eigenvalue weighted by Gasteiger charge is 2.54. The van der Waals surface area contributed by atoms with Crippen LogP contribution in [0.15, 0.2) is 162 Å². The van der Waals surface area contributed by atoms with Gasteiger partial charge in [0.25, 0.3) is 11.5 Å². The van der Waals surface area contributed by atoms with Crippen molar-refractivity contribution >= 4 is 46.5 Å². The molecule has 10 rings (SSSR count). The van der Waals surface area contributed by atoms with E-state index < -0.39 is 55.6 Å². The molecule has 7 aromatic carbocycles. The largest absolute Gasteiger partial charge is 0.697 e. The van der Waals surface area contributed by atoms with Crippen LogP contribution in [-0.2, 0) is 35.2 Å². The van der Waals surface area contributed by atoms with Crippen LogP contribution in [0, 0.1) is 11.3 Å². The van der Waals surface area contributed by atoms with Crippen LogP contribution >= 0.6 is 8.25 Å².